The van der Waals surface area contributed by atoms with Crippen molar-refractivity contribution in [2.75, 3.05) is 13.2 Å². The van der Waals surface area contributed by atoms with Gasteiger partial charge in [0.15, 0.2) is 0 Å². The van der Waals surface area contributed by atoms with E-state index < -0.39 is 0 Å². The maximum atomic E-state index is 11.0. The lowest BCUT2D eigenvalue weighted by Gasteiger charge is -2.27. The normalized spacial score (nSPS) is 12.9. The Morgan fingerprint density at radius 1 is 0.941 bits per heavy atom. The predicted molar refractivity (Wildman–Crippen MR) is 67.0 cm³/mol. The van der Waals surface area contributed by atoms with E-state index in [0.717, 1.165) is 0 Å². The fourth-order valence-corrected chi connectivity index (χ4v) is 1.04. The molecule has 0 aliphatic heterocycles. The van der Waals surface area contributed by atoms with E-state index in [2.05, 4.69) is 0 Å². The molecule has 0 heterocycles. The summed E-state index contributed by atoms with van der Waals surface area (Å²) in [6, 6.07) is 0. The highest BCUT2D eigenvalue weighted by molar-refractivity contribution is 5.66. The molecule has 17 heavy (non-hydrogen) atoms. The zero-order chi connectivity index (χ0) is 13.7. The second kappa shape index (κ2) is 6.36. The molecule has 0 amide bonds. The fraction of sp³-hybridized carbons (Fsp3) is 0.923. The maximum Gasteiger partial charge on any atom is 0.303 e. The van der Waals surface area contributed by atoms with Crippen LogP contribution in [-0.2, 0) is 19.0 Å². The van der Waals surface area contributed by atoms with Crippen LogP contribution in [0.1, 0.15) is 48.5 Å². The highest BCUT2D eigenvalue weighted by Gasteiger charge is 2.20. The molecule has 0 saturated carbocycles. The van der Waals surface area contributed by atoms with Gasteiger partial charge in [-0.1, -0.05) is 0 Å². The van der Waals surface area contributed by atoms with Gasteiger partial charge in [0.1, 0.15) is 6.10 Å². The smallest absolute Gasteiger partial charge is 0.303 e. The molecule has 0 aromatic carbocycles. The molecule has 102 valence electrons. The van der Waals surface area contributed by atoms with Gasteiger partial charge in [0.05, 0.1) is 24.4 Å². The average Bonchev–Trinajstić information content (AvgIpc) is 2.06. The molecule has 0 spiro atoms. The first-order valence-electron chi connectivity index (χ1n) is 5.95. The molecule has 0 rings (SSSR count). The third-order valence-electron chi connectivity index (χ3n) is 1.74. The molecule has 0 aliphatic carbocycles. The number of hydrogen-bond acceptors (Lipinski definition) is 4. The van der Waals surface area contributed by atoms with Crippen LogP contribution < -0.4 is 0 Å². The summed E-state index contributed by atoms with van der Waals surface area (Å²) in [5, 5.41) is 0. The molecular formula is C13H26O4. The summed E-state index contributed by atoms with van der Waals surface area (Å²) in [4.78, 5) is 11.0. The van der Waals surface area contributed by atoms with Gasteiger partial charge in [-0.15, -0.1) is 0 Å². The largest absolute Gasteiger partial charge is 0.458 e. The Morgan fingerprint density at radius 3 is 1.53 bits per heavy atom. The molecule has 0 fully saturated rings. The van der Waals surface area contributed by atoms with Gasteiger partial charge in [0, 0.05) is 6.92 Å². The number of rotatable bonds is 5. The molecule has 0 bridgehead atoms. The van der Waals surface area contributed by atoms with Crippen molar-refractivity contribution in [3.8, 4) is 0 Å². The third-order valence-corrected chi connectivity index (χ3v) is 1.74. The molecule has 0 aromatic heterocycles. The summed E-state index contributed by atoms with van der Waals surface area (Å²) < 4.78 is 16.4. The molecule has 0 saturated heterocycles. The van der Waals surface area contributed by atoms with Crippen LogP contribution >= 0.6 is 0 Å². The molecule has 0 aliphatic rings. The molecule has 4 nitrogen and oxygen atoms in total. The van der Waals surface area contributed by atoms with Gasteiger partial charge in [-0.25, -0.2) is 0 Å². The maximum absolute atomic E-state index is 11.0. The predicted octanol–water partition coefficient (Wildman–Crippen LogP) is 2.55. The molecule has 0 atom stereocenters. The van der Waals surface area contributed by atoms with Crippen LogP contribution in [0.25, 0.3) is 0 Å². The number of esters is 1. The van der Waals surface area contributed by atoms with Crippen LogP contribution in [0.3, 0.4) is 0 Å². The van der Waals surface area contributed by atoms with E-state index in [4.69, 9.17) is 14.2 Å². The summed E-state index contributed by atoms with van der Waals surface area (Å²) in [5.74, 6) is -0.315. The van der Waals surface area contributed by atoms with Crippen molar-refractivity contribution in [1.29, 1.82) is 0 Å². The van der Waals surface area contributed by atoms with E-state index >= 15 is 0 Å². The van der Waals surface area contributed by atoms with Crippen LogP contribution in [-0.4, -0.2) is 36.5 Å². The minimum absolute atomic E-state index is 0.250. The number of carbonyl (C=O) groups excluding carboxylic acids is 1. The number of hydrogen-bond donors (Lipinski definition) is 0. The summed E-state index contributed by atoms with van der Waals surface area (Å²) in [5.41, 5.74) is -0.500. The highest BCUT2D eigenvalue weighted by atomic mass is 16.6. The Kier molecular flexibility index (Phi) is 6.13. The first kappa shape index (κ1) is 16.4. The van der Waals surface area contributed by atoms with Crippen LogP contribution in [0.2, 0.25) is 0 Å². The van der Waals surface area contributed by atoms with Gasteiger partial charge in [0.25, 0.3) is 0 Å². The Bertz CT molecular complexity index is 217. The van der Waals surface area contributed by atoms with Crippen molar-refractivity contribution in [2.45, 2.75) is 65.8 Å². The van der Waals surface area contributed by atoms with E-state index in [9.17, 15) is 4.79 Å². The summed E-state index contributed by atoms with van der Waals surface area (Å²) in [7, 11) is 0. The zero-order valence-electron chi connectivity index (χ0n) is 12.1. The Hall–Kier alpha value is -0.610. The minimum atomic E-state index is -0.356. The van der Waals surface area contributed by atoms with Crippen LogP contribution in [0.4, 0.5) is 0 Å². The van der Waals surface area contributed by atoms with Crippen molar-refractivity contribution in [3.63, 3.8) is 0 Å². The minimum Gasteiger partial charge on any atom is -0.458 e. The van der Waals surface area contributed by atoms with Crippen LogP contribution in [0.15, 0.2) is 0 Å². The molecule has 0 aromatic rings. The lowest BCUT2D eigenvalue weighted by Crippen LogP contribution is -2.35. The third kappa shape index (κ3) is 11.6. The lowest BCUT2D eigenvalue weighted by atomic mass is 10.2. The second-order valence-corrected chi connectivity index (χ2v) is 6.08. The number of ether oxygens (including phenoxy) is 3. The molecular weight excluding hydrogens is 220 g/mol. The van der Waals surface area contributed by atoms with E-state index in [1.54, 1.807) is 0 Å². The topological polar surface area (TPSA) is 44.8 Å². The summed E-state index contributed by atoms with van der Waals surface area (Å²) in [6.45, 7) is 13.8. The standard InChI is InChI=1S/C13H26O4/c1-10(14)17-11(8-15-12(2,3)4)9-16-13(5,6)7/h11H,8-9H2,1-7H3. The van der Waals surface area contributed by atoms with Crippen molar-refractivity contribution >= 4 is 5.97 Å². The van der Waals surface area contributed by atoms with Gasteiger partial charge in [-0.2, -0.15) is 0 Å². The lowest BCUT2D eigenvalue weighted by molar-refractivity contribution is -0.162. The number of carbonyl (C=O) groups is 1. The molecule has 4 heteroatoms. The fourth-order valence-electron chi connectivity index (χ4n) is 1.04. The van der Waals surface area contributed by atoms with Gasteiger partial charge in [-0.3, -0.25) is 4.79 Å². The molecule has 0 radical (unpaired) electrons. The van der Waals surface area contributed by atoms with Crippen LogP contribution in [0, 0.1) is 0 Å². The van der Waals surface area contributed by atoms with Gasteiger partial charge >= 0.3 is 5.97 Å². The van der Waals surface area contributed by atoms with Crippen molar-refractivity contribution in [1.82, 2.24) is 0 Å². The van der Waals surface area contributed by atoms with Crippen molar-refractivity contribution in [3.05, 3.63) is 0 Å². The quantitative estimate of drug-likeness (QED) is 0.699. The van der Waals surface area contributed by atoms with E-state index in [0.29, 0.717) is 13.2 Å². The SMILES string of the molecule is CC(=O)OC(COC(C)(C)C)COC(C)(C)C. The Labute approximate surface area is 105 Å². The van der Waals surface area contributed by atoms with E-state index in [1.165, 1.54) is 6.92 Å². The monoisotopic (exact) mass is 246 g/mol. The van der Waals surface area contributed by atoms with Gasteiger partial charge in [-0.05, 0) is 41.5 Å². The van der Waals surface area contributed by atoms with Gasteiger partial charge in [0.2, 0.25) is 0 Å². The highest BCUT2D eigenvalue weighted by Crippen LogP contribution is 2.12. The first-order chi connectivity index (χ1) is 7.49. The van der Waals surface area contributed by atoms with E-state index in [1.807, 2.05) is 41.5 Å². The molecule has 0 N–H and O–H groups in total. The average molecular weight is 246 g/mol. The summed E-state index contributed by atoms with van der Waals surface area (Å²) >= 11 is 0. The van der Waals surface area contributed by atoms with Crippen molar-refractivity contribution in [2.24, 2.45) is 0 Å². The van der Waals surface area contributed by atoms with E-state index in [-0.39, 0.29) is 23.3 Å². The Balaban J connectivity index is 4.19. The zero-order valence-corrected chi connectivity index (χ0v) is 12.1. The first-order valence-corrected chi connectivity index (χ1v) is 5.95. The summed E-state index contributed by atoms with van der Waals surface area (Å²) in [6.07, 6.45) is -0.356. The second-order valence-electron chi connectivity index (χ2n) is 6.08. The Morgan fingerprint density at radius 2 is 1.29 bits per heavy atom. The van der Waals surface area contributed by atoms with Gasteiger partial charge < -0.3 is 14.2 Å². The van der Waals surface area contributed by atoms with Crippen molar-refractivity contribution < 1.29 is 19.0 Å². The van der Waals surface area contributed by atoms with Crippen LogP contribution in [0.5, 0.6) is 0 Å². The molecule has 0 unspecified atom stereocenters.